The summed E-state index contributed by atoms with van der Waals surface area (Å²) >= 11 is 0. The maximum absolute atomic E-state index is 10.5. The van der Waals surface area contributed by atoms with E-state index in [1.54, 1.807) is 18.0 Å². The molecule has 96 valence electrons. The Kier molecular flexibility index (Phi) is 2.63. The van der Waals surface area contributed by atoms with Gasteiger partial charge in [0.1, 0.15) is 11.5 Å². The van der Waals surface area contributed by atoms with Crippen molar-refractivity contribution in [2.24, 2.45) is 7.05 Å². The number of phenolic OH excluding ortho intramolecular Hbond substituents is 1. The first-order valence-electron chi connectivity index (χ1n) is 5.99. The molecule has 4 heteroatoms. The van der Waals surface area contributed by atoms with Crippen LogP contribution in [0.15, 0.2) is 42.6 Å². The summed E-state index contributed by atoms with van der Waals surface area (Å²) in [4.78, 5) is 0. The molecule has 3 rings (SSSR count). The summed E-state index contributed by atoms with van der Waals surface area (Å²) < 4.78 is 7.05. The van der Waals surface area contributed by atoms with Gasteiger partial charge in [0.2, 0.25) is 0 Å². The Bertz CT molecular complexity index is 747. The summed E-state index contributed by atoms with van der Waals surface area (Å²) in [6.45, 7) is 0. The predicted octanol–water partition coefficient (Wildman–Crippen LogP) is 2.95. The zero-order valence-corrected chi connectivity index (χ0v) is 10.8. The Labute approximate surface area is 110 Å². The maximum Gasteiger partial charge on any atom is 0.132 e. The molecule has 1 aromatic heterocycles. The van der Waals surface area contributed by atoms with E-state index in [0.717, 1.165) is 27.8 Å². The monoisotopic (exact) mass is 254 g/mol. The Morgan fingerprint density at radius 3 is 2.63 bits per heavy atom. The summed E-state index contributed by atoms with van der Waals surface area (Å²) in [5.74, 6) is 1.00. The molecule has 0 unspecified atom stereocenters. The van der Waals surface area contributed by atoms with Gasteiger partial charge in [-0.2, -0.15) is 5.10 Å². The molecule has 0 fully saturated rings. The first-order chi connectivity index (χ1) is 9.22. The molecule has 3 aromatic rings. The van der Waals surface area contributed by atoms with Crippen molar-refractivity contribution in [3.8, 4) is 22.8 Å². The van der Waals surface area contributed by atoms with Crippen LogP contribution in [0, 0.1) is 0 Å². The third-order valence-electron chi connectivity index (χ3n) is 3.31. The minimum atomic E-state index is 0.250. The average molecular weight is 254 g/mol. The topological polar surface area (TPSA) is 47.3 Å². The Balaban J connectivity index is 2.31. The largest absolute Gasteiger partial charge is 0.507 e. The molecule has 0 aliphatic carbocycles. The first kappa shape index (κ1) is 11.6. The summed E-state index contributed by atoms with van der Waals surface area (Å²) in [5.41, 5.74) is 1.64. The van der Waals surface area contributed by atoms with Crippen LogP contribution in [0.3, 0.4) is 0 Å². The molecule has 1 N–H and O–H groups in total. The minimum Gasteiger partial charge on any atom is -0.507 e. The highest BCUT2D eigenvalue weighted by atomic mass is 16.5. The predicted molar refractivity (Wildman–Crippen MR) is 74.4 cm³/mol. The third-order valence-corrected chi connectivity index (χ3v) is 3.31. The number of aryl methyl sites for hydroxylation is 1. The number of aromatic hydroxyl groups is 1. The Morgan fingerprint density at radius 1 is 1.11 bits per heavy atom. The van der Waals surface area contributed by atoms with E-state index in [1.165, 1.54) is 0 Å². The number of nitrogens with zero attached hydrogens (tertiary/aromatic N) is 2. The fourth-order valence-corrected chi connectivity index (χ4v) is 2.34. The lowest BCUT2D eigenvalue weighted by atomic mass is 10.0. The number of aromatic nitrogens is 2. The van der Waals surface area contributed by atoms with Gasteiger partial charge in [-0.05, 0) is 24.3 Å². The van der Waals surface area contributed by atoms with E-state index in [-0.39, 0.29) is 5.75 Å². The summed E-state index contributed by atoms with van der Waals surface area (Å²) in [5, 5.41) is 16.3. The summed E-state index contributed by atoms with van der Waals surface area (Å²) in [7, 11) is 3.48. The van der Waals surface area contributed by atoms with Crippen molar-refractivity contribution in [3.05, 3.63) is 42.6 Å². The van der Waals surface area contributed by atoms with E-state index >= 15 is 0 Å². The van der Waals surface area contributed by atoms with Crippen molar-refractivity contribution >= 4 is 10.8 Å². The fraction of sp³-hybridized carbons (Fsp3) is 0.133. The second kappa shape index (κ2) is 4.31. The molecule has 19 heavy (non-hydrogen) atoms. The minimum absolute atomic E-state index is 0.250. The van der Waals surface area contributed by atoms with Crippen LogP contribution in [0.2, 0.25) is 0 Å². The second-order valence-electron chi connectivity index (χ2n) is 4.36. The van der Waals surface area contributed by atoms with Gasteiger partial charge in [0.15, 0.2) is 0 Å². The highest BCUT2D eigenvalue weighted by molar-refractivity contribution is 5.97. The molecule has 2 aromatic carbocycles. The van der Waals surface area contributed by atoms with Gasteiger partial charge in [0.05, 0.1) is 12.8 Å². The van der Waals surface area contributed by atoms with Crippen molar-refractivity contribution in [2.75, 3.05) is 7.11 Å². The van der Waals surface area contributed by atoms with Crippen molar-refractivity contribution in [1.29, 1.82) is 0 Å². The van der Waals surface area contributed by atoms with E-state index < -0.39 is 0 Å². The van der Waals surface area contributed by atoms with Gasteiger partial charge in [0, 0.05) is 29.6 Å². The van der Waals surface area contributed by atoms with Crippen molar-refractivity contribution in [2.45, 2.75) is 0 Å². The van der Waals surface area contributed by atoms with Crippen LogP contribution in [-0.2, 0) is 7.05 Å². The fourth-order valence-electron chi connectivity index (χ4n) is 2.34. The second-order valence-corrected chi connectivity index (χ2v) is 4.36. The number of benzene rings is 2. The van der Waals surface area contributed by atoms with Gasteiger partial charge in [-0.1, -0.05) is 12.1 Å². The number of hydrogen-bond acceptors (Lipinski definition) is 3. The summed E-state index contributed by atoms with van der Waals surface area (Å²) in [6.07, 6.45) is 1.71. The molecular weight excluding hydrogens is 240 g/mol. The molecule has 0 atom stereocenters. The molecule has 0 radical (unpaired) electrons. The molecule has 0 bridgehead atoms. The molecule has 0 spiro atoms. The van der Waals surface area contributed by atoms with Crippen LogP contribution in [0.25, 0.3) is 22.0 Å². The lowest BCUT2D eigenvalue weighted by Gasteiger charge is -2.10. The molecule has 0 saturated carbocycles. The van der Waals surface area contributed by atoms with E-state index in [1.807, 2.05) is 43.4 Å². The molecule has 0 saturated heterocycles. The lowest BCUT2D eigenvalue weighted by Crippen LogP contribution is -1.94. The van der Waals surface area contributed by atoms with Crippen LogP contribution in [0.1, 0.15) is 0 Å². The lowest BCUT2D eigenvalue weighted by molar-refractivity contribution is 0.419. The van der Waals surface area contributed by atoms with Gasteiger partial charge in [-0.3, -0.25) is 4.68 Å². The standard InChI is InChI=1S/C15H14N2O2/c1-17-13(8-9-16-17)12-7-6-10-11(15(12)18)4-3-5-14(10)19-2/h3-9,18H,1-2H3. The number of methoxy groups -OCH3 is 1. The quantitative estimate of drug-likeness (QED) is 0.764. The third kappa shape index (κ3) is 1.73. The zero-order valence-electron chi connectivity index (χ0n) is 10.8. The highest BCUT2D eigenvalue weighted by Crippen LogP contribution is 2.38. The van der Waals surface area contributed by atoms with Gasteiger partial charge in [-0.25, -0.2) is 0 Å². The van der Waals surface area contributed by atoms with Crippen LogP contribution in [0.4, 0.5) is 0 Å². The van der Waals surface area contributed by atoms with Crippen molar-refractivity contribution in [1.82, 2.24) is 9.78 Å². The van der Waals surface area contributed by atoms with Crippen LogP contribution < -0.4 is 4.74 Å². The molecule has 0 aliphatic heterocycles. The van der Waals surface area contributed by atoms with Crippen molar-refractivity contribution in [3.63, 3.8) is 0 Å². The van der Waals surface area contributed by atoms with Gasteiger partial charge >= 0.3 is 0 Å². The highest BCUT2D eigenvalue weighted by Gasteiger charge is 2.12. The van der Waals surface area contributed by atoms with Crippen LogP contribution in [-0.4, -0.2) is 22.0 Å². The molecule has 0 amide bonds. The van der Waals surface area contributed by atoms with Gasteiger partial charge < -0.3 is 9.84 Å². The van der Waals surface area contributed by atoms with Gasteiger partial charge in [0.25, 0.3) is 0 Å². The Morgan fingerprint density at radius 2 is 1.95 bits per heavy atom. The van der Waals surface area contributed by atoms with Crippen LogP contribution in [0.5, 0.6) is 11.5 Å². The maximum atomic E-state index is 10.5. The number of rotatable bonds is 2. The van der Waals surface area contributed by atoms with Gasteiger partial charge in [-0.15, -0.1) is 0 Å². The molecular formula is C15H14N2O2. The molecule has 1 heterocycles. The number of hydrogen-bond donors (Lipinski definition) is 1. The van der Waals surface area contributed by atoms with Crippen LogP contribution >= 0.6 is 0 Å². The summed E-state index contributed by atoms with van der Waals surface area (Å²) in [6, 6.07) is 11.3. The smallest absolute Gasteiger partial charge is 0.132 e. The molecule has 4 nitrogen and oxygen atoms in total. The molecule has 0 aliphatic rings. The van der Waals surface area contributed by atoms with E-state index in [9.17, 15) is 5.11 Å². The van der Waals surface area contributed by atoms with E-state index in [2.05, 4.69) is 5.10 Å². The van der Waals surface area contributed by atoms with Crippen molar-refractivity contribution < 1.29 is 9.84 Å². The number of phenols is 1. The average Bonchev–Trinajstić information content (AvgIpc) is 2.85. The van der Waals surface area contributed by atoms with E-state index in [4.69, 9.17) is 4.74 Å². The SMILES string of the molecule is COc1cccc2c(O)c(-c3ccnn3C)ccc12. The normalized spacial score (nSPS) is 10.8. The van der Waals surface area contributed by atoms with E-state index in [0.29, 0.717) is 0 Å². The number of fused-ring (bicyclic) bond motifs is 1. The Hall–Kier alpha value is -2.49. The first-order valence-corrected chi connectivity index (χ1v) is 5.99. The number of ether oxygens (including phenoxy) is 1. The zero-order chi connectivity index (χ0) is 13.4.